The average molecular weight is 200 g/mol. The standard InChI is InChI=1S/C9H16N2O3/c1-6(12)4-9-10-8(11-14-9)5-7(2)13-3/h6-7,12H,4-5H2,1-3H3. The van der Waals surface area contributed by atoms with Gasteiger partial charge in [0, 0.05) is 13.5 Å². The number of hydrogen-bond donors (Lipinski definition) is 1. The number of hydrogen-bond acceptors (Lipinski definition) is 5. The molecule has 80 valence electrons. The van der Waals surface area contributed by atoms with Crippen LogP contribution in [-0.4, -0.2) is 34.6 Å². The molecule has 1 aromatic rings. The first-order valence-corrected chi connectivity index (χ1v) is 4.64. The van der Waals surface area contributed by atoms with Crippen molar-refractivity contribution < 1.29 is 14.4 Å². The maximum Gasteiger partial charge on any atom is 0.229 e. The van der Waals surface area contributed by atoms with Gasteiger partial charge in [0.1, 0.15) is 0 Å². The summed E-state index contributed by atoms with van der Waals surface area (Å²) in [5.74, 6) is 1.09. The first-order chi connectivity index (χ1) is 6.61. The molecule has 14 heavy (non-hydrogen) atoms. The van der Waals surface area contributed by atoms with Gasteiger partial charge in [0.05, 0.1) is 18.6 Å². The predicted molar refractivity (Wildman–Crippen MR) is 49.9 cm³/mol. The molecule has 1 rings (SSSR count). The van der Waals surface area contributed by atoms with Crippen LogP contribution in [0.15, 0.2) is 4.52 Å². The summed E-state index contributed by atoms with van der Waals surface area (Å²) in [5, 5.41) is 12.9. The monoisotopic (exact) mass is 200 g/mol. The molecule has 0 bridgehead atoms. The SMILES string of the molecule is COC(C)Cc1noc(CC(C)O)n1. The van der Waals surface area contributed by atoms with E-state index in [4.69, 9.17) is 14.4 Å². The van der Waals surface area contributed by atoms with Gasteiger partial charge in [-0.15, -0.1) is 0 Å². The minimum atomic E-state index is -0.455. The van der Waals surface area contributed by atoms with Crippen LogP contribution in [0.5, 0.6) is 0 Å². The molecule has 5 heteroatoms. The van der Waals surface area contributed by atoms with Gasteiger partial charge >= 0.3 is 0 Å². The van der Waals surface area contributed by atoms with Crippen LogP contribution < -0.4 is 0 Å². The second kappa shape index (κ2) is 5.07. The minimum Gasteiger partial charge on any atom is -0.393 e. The molecule has 0 saturated heterocycles. The Morgan fingerprint density at radius 2 is 2.14 bits per heavy atom. The molecule has 0 spiro atoms. The molecular weight excluding hydrogens is 184 g/mol. The van der Waals surface area contributed by atoms with Gasteiger partial charge in [0.15, 0.2) is 5.82 Å². The van der Waals surface area contributed by atoms with E-state index in [-0.39, 0.29) is 6.10 Å². The number of nitrogens with zero attached hydrogens (tertiary/aromatic N) is 2. The van der Waals surface area contributed by atoms with E-state index >= 15 is 0 Å². The van der Waals surface area contributed by atoms with Crippen LogP contribution in [0.2, 0.25) is 0 Å². The van der Waals surface area contributed by atoms with Crippen LogP contribution in [0.4, 0.5) is 0 Å². The molecule has 0 amide bonds. The third-order valence-electron chi connectivity index (χ3n) is 1.85. The average Bonchev–Trinajstić information content (AvgIpc) is 2.51. The molecular formula is C9H16N2O3. The molecule has 0 aliphatic heterocycles. The van der Waals surface area contributed by atoms with Crippen molar-refractivity contribution in [2.24, 2.45) is 0 Å². The quantitative estimate of drug-likeness (QED) is 0.752. The summed E-state index contributed by atoms with van der Waals surface area (Å²) in [6.45, 7) is 3.62. The van der Waals surface area contributed by atoms with E-state index in [1.807, 2.05) is 6.92 Å². The number of methoxy groups -OCH3 is 1. The van der Waals surface area contributed by atoms with Gasteiger partial charge in [0.25, 0.3) is 0 Å². The third-order valence-corrected chi connectivity index (χ3v) is 1.85. The van der Waals surface area contributed by atoms with Gasteiger partial charge in [-0.3, -0.25) is 0 Å². The maximum absolute atomic E-state index is 9.09. The molecule has 5 nitrogen and oxygen atoms in total. The Bertz CT molecular complexity index is 273. The van der Waals surface area contributed by atoms with Gasteiger partial charge in [-0.1, -0.05) is 5.16 Å². The van der Waals surface area contributed by atoms with Crippen molar-refractivity contribution >= 4 is 0 Å². The Morgan fingerprint density at radius 1 is 1.43 bits per heavy atom. The van der Waals surface area contributed by atoms with Gasteiger partial charge in [-0.2, -0.15) is 4.98 Å². The lowest BCUT2D eigenvalue weighted by Gasteiger charge is -2.03. The molecule has 2 atom stereocenters. The summed E-state index contributed by atoms with van der Waals surface area (Å²) in [4.78, 5) is 4.12. The van der Waals surface area contributed by atoms with Crippen molar-refractivity contribution in [2.45, 2.75) is 38.9 Å². The van der Waals surface area contributed by atoms with E-state index in [1.165, 1.54) is 0 Å². The first kappa shape index (κ1) is 11.1. The zero-order valence-corrected chi connectivity index (χ0v) is 8.73. The van der Waals surface area contributed by atoms with Crippen molar-refractivity contribution in [1.82, 2.24) is 10.1 Å². The molecule has 1 N–H and O–H groups in total. The van der Waals surface area contributed by atoms with Crippen LogP contribution >= 0.6 is 0 Å². The number of aliphatic hydroxyl groups excluding tert-OH is 1. The van der Waals surface area contributed by atoms with Crippen LogP contribution in [-0.2, 0) is 17.6 Å². The van der Waals surface area contributed by atoms with Crippen LogP contribution in [0.3, 0.4) is 0 Å². The lowest BCUT2D eigenvalue weighted by Crippen LogP contribution is -2.10. The van der Waals surface area contributed by atoms with E-state index in [1.54, 1.807) is 14.0 Å². The molecule has 0 aliphatic carbocycles. The van der Waals surface area contributed by atoms with Gasteiger partial charge in [0.2, 0.25) is 5.89 Å². The fraction of sp³-hybridized carbons (Fsp3) is 0.778. The lowest BCUT2D eigenvalue weighted by molar-refractivity contribution is 0.116. The summed E-state index contributed by atoms with van der Waals surface area (Å²) >= 11 is 0. The molecule has 0 aliphatic rings. The largest absolute Gasteiger partial charge is 0.393 e. The fourth-order valence-electron chi connectivity index (χ4n) is 1.05. The maximum atomic E-state index is 9.09. The number of aliphatic hydroxyl groups is 1. The van der Waals surface area contributed by atoms with Gasteiger partial charge in [-0.05, 0) is 13.8 Å². The van der Waals surface area contributed by atoms with E-state index in [2.05, 4.69) is 10.1 Å². The molecule has 0 saturated carbocycles. The number of rotatable bonds is 5. The number of aromatic nitrogens is 2. The van der Waals surface area contributed by atoms with Gasteiger partial charge in [-0.25, -0.2) is 0 Å². The molecule has 2 unspecified atom stereocenters. The van der Waals surface area contributed by atoms with Crippen molar-refractivity contribution in [3.8, 4) is 0 Å². The lowest BCUT2D eigenvalue weighted by atomic mass is 10.2. The first-order valence-electron chi connectivity index (χ1n) is 4.64. The predicted octanol–water partition coefficient (Wildman–Crippen LogP) is 0.570. The highest BCUT2D eigenvalue weighted by atomic mass is 16.5. The molecule has 0 fully saturated rings. The Hall–Kier alpha value is -0.940. The second-order valence-corrected chi connectivity index (χ2v) is 3.41. The second-order valence-electron chi connectivity index (χ2n) is 3.41. The van der Waals surface area contributed by atoms with Crippen molar-refractivity contribution in [3.05, 3.63) is 11.7 Å². The Labute approximate surface area is 83.1 Å². The molecule has 0 radical (unpaired) electrons. The van der Waals surface area contributed by atoms with Crippen molar-refractivity contribution in [3.63, 3.8) is 0 Å². The Kier molecular flexibility index (Phi) is 4.03. The summed E-state index contributed by atoms with van der Waals surface area (Å²) in [6.07, 6.45) is 0.643. The smallest absolute Gasteiger partial charge is 0.229 e. The van der Waals surface area contributed by atoms with E-state index < -0.39 is 6.10 Å². The highest BCUT2D eigenvalue weighted by Gasteiger charge is 2.11. The third kappa shape index (κ3) is 3.43. The molecule has 1 aromatic heterocycles. The zero-order valence-electron chi connectivity index (χ0n) is 8.73. The van der Waals surface area contributed by atoms with Crippen LogP contribution in [0.25, 0.3) is 0 Å². The summed E-state index contributed by atoms with van der Waals surface area (Å²) in [5.41, 5.74) is 0. The van der Waals surface area contributed by atoms with Crippen LogP contribution in [0, 0.1) is 0 Å². The van der Waals surface area contributed by atoms with E-state index in [0.29, 0.717) is 24.6 Å². The normalized spacial score (nSPS) is 15.4. The highest BCUT2D eigenvalue weighted by molar-refractivity contribution is 4.89. The topological polar surface area (TPSA) is 68.4 Å². The van der Waals surface area contributed by atoms with E-state index in [9.17, 15) is 0 Å². The van der Waals surface area contributed by atoms with Gasteiger partial charge < -0.3 is 14.4 Å². The summed E-state index contributed by atoms with van der Waals surface area (Å²) in [6, 6.07) is 0. The summed E-state index contributed by atoms with van der Waals surface area (Å²) < 4.78 is 10.0. The van der Waals surface area contributed by atoms with E-state index in [0.717, 1.165) is 0 Å². The Morgan fingerprint density at radius 3 is 2.71 bits per heavy atom. The minimum absolute atomic E-state index is 0.0759. The summed E-state index contributed by atoms with van der Waals surface area (Å²) in [7, 11) is 1.64. The van der Waals surface area contributed by atoms with Crippen LogP contribution in [0.1, 0.15) is 25.6 Å². The fourth-order valence-corrected chi connectivity index (χ4v) is 1.05. The van der Waals surface area contributed by atoms with Crippen molar-refractivity contribution in [1.29, 1.82) is 0 Å². The number of ether oxygens (including phenoxy) is 1. The Balaban J connectivity index is 2.50. The molecule has 0 aromatic carbocycles. The molecule has 1 heterocycles. The van der Waals surface area contributed by atoms with Crippen molar-refractivity contribution in [2.75, 3.05) is 7.11 Å². The zero-order chi connectivity index (χ0) is 10.6. The highest BCUT2D eigenvalue weighted by Crippen LogP contribution is 2.04.